The zero-order chi connectivity index (χ0) is 13.2. The van der Waals surface area contributed by atoms with Crippen molar-refractivity contribution in [2.45, 2.75) is 18.2 Å². The van der Waals surface area contributed by atoms with Crippen molar-refractivity contribution in [3.63, 3.8) is 0 Å². The minimum atomic E-state index is -0.846. The average Bonchev–Trinajstić information content (AvgIpc) is 2.19. The van der Waals surface area contributed by atoms with Crippen molar-refractivity contribution in [1.82, 2.24) is 0 Å². The number of nitro groups is 1. The Balaban J connectivity index is 2.95. The van der Waals surface area contributed by atoms with Gasteiger partial charge in [-0.3, -0.25) is 14.9 Å². The molecule has 1 amide bonds. The van der Waals surface area contributed by atoms with Crippen molar-refractivity contribution >= 4 is 33.2 Å². The van der Waals surface area contributed by atoms with Gasteiger partial charge in [0.05, 0.1) is 21.0 Å². The van der Waals surface area contributed by atoms with Crippen LogP contribution in [0.5, 0.6) is 0 Å². The molecule has 7 heteroatoms. The van der Waals surface area contributed by atoms with E-state index < -0.39 is 21.0 Å². The summed E-state index contributed by atoms with van der Waals surface area (Å²) in [6.07, 6.45) is 0. The normalized spacial score (nSPS) is 11.1. The fourth-order valence-electron chi connectivity index (χ4n) is 0.990. The molecule has 1 rings (SSSR count). The number of hydrogen-bond donors (Lipinski definition) is 1. The van der Waals surface area contributed by atoms with Crippen molar-refractivity contribution < 1.29 is 14.1 Å². The van der Waals surface area contributed by atoms with Crippen LogP contribution in [0.25, 0.3) is 0 Å². The quantitative estimate of drug-likeness (QED) is 0.530. The Labute approximate surface area is 105 Å². The highest BCUT2D eigenvalue weighted by atomic mass is 79.9. The number of alkyl halides is 1. The molecule has 1 aromatic carbocycles. The minimum Gasteiger partial charge on any atom is -0.322 e. The number of nitrogens with one attached hydrogen (secondary N) is 1. The molecule has 0 bridgehead atoms. The van der Waals surface area contributed by atoms with Gasteiger partial charge < -0.3 is 5.32 Å². The van der Waals surface area contributed by atoms with Crippen LogP contribution in [0.1, 0.15) is 13.8 Å². The van der Waals surface area contributed by atoms with Gasteiger partial charge in [0.1, 0.15) is 0 Å². The minimum absolute atomic E-state index is 0.0897. The number of benzene rings is 1. The van der Waals surface area contributed by atoms with Crippen molar-refractivity contribution in [2.75, 3.05) is 5.32 Å². The molecule has 5 nitrogen and oxygen atoms in total. The first kappa shape index (κ1) is 13.6. The van der Waals surface area contributed by atoms with E-state index in [1.54, 1.807) is 13.8 Å². The molecule has 1 N–H and O–H groups in total. The standard InChI is InChI=1S/C10H10BrFN2O3/c1-10(2,11)9(15)13-8-4-3-6(14(16)17)5-7(8)12/h3-5H,1-2H3,(H,13,15). The number of amides is 1. The molecule has 0 heterocycles. The summed E-state index contributed by atoms with van der Waals surface area (Å²) in [7, 11) is 0. The Morgan fingerprint density at radius 1 is 1.53 bits per heavy atom. The van der Waals surface area contributed by atoms with Crippen molar-refractivity contribution in [3.05, 3.63) is 34.1 Å². The molecule has 0 aromatic heterocycles. The molecule has 1 aromatic rings. The van der Waals surface area contributed by atoms with Crippen molar-refractivity contribution in [1.29, 1.82) is 0 Å². The molecule has 92 valence electrons. The number of hydrogen-bond acceptors (Lipinski definition) is 3. The molecule has 17 heavy (non-hydrogen) atoms. The maximum absolute atomic E-state index is 13.4. The zero-order valence-electron chi connectivity index (χ0n) is 9.16. The first-order chi connectivity index (χ1) is 7.71. The van der Waals surface area contributed by atoms with Crippen molar-refractivity contribution in [3.8, 4) is 0 Å². The van der Waals surface area contributed by atoms with E-state index in [1.807, 2.05) is 0 Å². The van der Waals surface area contributed by atoms with Crippen LogP contribution < -0.4 is 5.32 Å². The lowest BCUT2D eigenvalue weighted by atomic mass is 10.2. The number of carbonyl (C=O) groups excluding carboxylic acids is 1. The maximum Gasteiger partial charge on any atom is 0.272 e. The Hall–Kier alpha value is -1.50. The highest BCUT2D eigenvalue weighted by Crippen LogP contribution is 2.23. The first-order valence-electron chi connectivity index (χ1n) is 4.66. The van der Waals surface area contributed by atoms with Gasteiger partial charge in [-0.25, -0.2) is 4.39 Å². The fourth-order valence-corrected chi connectivity index (χ4v) is 1.09. The lowest BCUT2D eigenvalue weighted by molar-refractivity contribution is -0.385. The Kier molecular flexibility index (Phi) is 3.82. The lowest BCUT2D eigenvalue weighted by Gasteiger charge is -2.15. The summed E-state index contributed by atoms with van der Waals surface area (Å²) in [5, 5.41) is 12.7. The van der Waals surface area contributed by atoms with Gasteiger partial charge >= 0.3 is 0 Å². The van der Waals surface area contributed by atoms with Gasteiger partial charge in [-0.15, -0.1) is 0 Å². The molecule has 0 radical (unpaired) electrons. The van der Waals surface area contributed by atoms with Crippen LogP contribution in [0, 0.1) is 15.9 Å². The summed E-state index contributed by atoms with van der Waals surface area (Å²) in [5.74, 6) is -1.28. The third kappa shape index (κ3) is 3.48. The highest BCUT2D eigenvalue weighted by molar-refractivity contribution is 9.10. The number of carbonyl (C=O) groups is 1. The van der Waals surface area contributed by atoms with E-state index >= 15 is 0 Å². The van der Waals surface area contributed by atoms with Gasteiger partial charge in [-0.1, -0.05) is 15.9 Å². The van der Waals surface area contributed by atoms with Gasteiger partial charge in [-0.2, -0.15) is 0 Å². The largest absolute Gasteiger partial charge is 0.322 e. The van der Waals surface area contributed by atoms with E-state index in [2.05, 4.69) is 21.2 Å². The summed E-state index contributed by atoms with van der Waals surface area (Å²) >= 11 is 3.12. The molecule has 0 aliphatic carbocycles. The highest BCUT2D eigenvalue weighted by Gasteiger charge is 2.24. The topological polar surface area (TPSA) is 72.2 Å². The Morgan fingerprint density at radius 3 is 2.53 bits per heavy atom. The van der Waals surface area contributed by atoms with Gasteiger partial charge in [0.2, 0.25) is 5.91 Å². The Bertz CT molecular complexity index is 471. The van der Waals surface area contributed by atoms with E-state index in [4.69, 9.17) is 0 Å². The summed E-state index contributed by atoms with van der Waals surface area (Å²) in [6, 6.07) is 3.04. The van der Waals surface area contributed by atoms with Gasteiger partial charge in [0.15, 0.2) is 5.82 Å². The van der Waals surface area contributed by atoms with Crippen LogP contribution in [0.4, 0.5) is 15.8 Å². The maximum atomic E-state index is 13.4. The zero-order valence-corrected chi connectivity index (χ0v) is 10.7. The summed E-state index contributed by atoms with van der Waals surface area (Å²) < 4.78 is 12.6. The van der Waals surface area contributed by atoms with Crippen LogP contribution in [-0.4, -0.2) is 15.2 Å². The van der Waals surface area contributed by atoms with Crippen LogP contribution in [0.3, 0.4) is 0 Å². The van der Waals surface area contributed by atoms with E-state index in [1.165, 1.54) is 0 Å². The number of nitro benzene ring substituents is 1. The smallest absolute Gasteiger partial charge is 0.272 e. The van der Waals surface area contributed by atoms with E-state index in [-0.39, 0.29) is 11.4 Å². The van der Waals surface area contributed by atoms with Gasteiger partial charge in [-0.05, 0) is 19.9 Å². The predicted octanol–water partition coefficient (Wildman–Crippen LogP) is 2.85. The molecule has 0 saturated carbocycles. The SMILES string of the molecule is CC(C)(Br)C(=O)Nc1ccc([N+](=O)[O-])cc1F. The number of halogens is 2. The molecule has 0 fully saturated rings. The molecule has 0 spiro atoms. The molecule has 0 aliphatic heterocycles. The molecule has 0 saturated heterocycles. The van der Waals surface area contributed by atoms with Gasteiger partial charge in [0.25, 0.3) is 5.69 Å². The Morgan fingerprint density at radius 2 is 2.12 bits per heavy atom. The summed E-state index contributed by atoms with van der Waals surface area (Å²) in [6.45, 7) is 3.21. The van der Waals surface area contributed by atoms with Crippen LogP contribution >= 0.6 is 15.9 Å². The van der Waals surface area contributed by atoms with E-state index in [9.17, 15) is 19.3 Å². The van der Waals surface area contributed by atoms with Crippen LogP contribution in [-0.2, 0) is 4.79 Å². The third-order valence-electron chi connectivity index (χ3n) is 1.95. The molecular weight excluding hydrogens is 295 g/mol. The van der Waals surface area contributed by atoms with Gasteiger partial charge in [0, 0.05) is 6.07 Å². The lowest BCUT2D eigenvalue weighted by Crippen LogP contribution is -2.31. The molecular formula is C10H10BrFN2O3. The molecule has 0 atom stereocenters. The summed E-state index contributed by atoms with van der Waals surface area (Å²) in [4.78, 5) is 21.2. The second-order valence-corrected chi connectivity index (χ2v) is 5.83. The van der Waals surface area contributed by atoms with E-state index in [0.717, 1.165) is 18.2 Å². The molecule has 0 unspecified atom stereocenters. The van der Waals surface area contributed by atoms with Crippen molar-refractivity contribution in [2.24, 2.45) is 0 Å². The fraction of sp³-hybridized carbons (Fsp3) is 0.300. The second-order valence-electron chi connectivity index (χ2n) is 3.85. The van der Waals surface area contributed by atoms with Crippen LogP contribution in [0.15, 0.2) is 18.2 Å². The number of rotatable bonds is 3. The predicted molar refractivity (Wildman–Crippen MR) is 64.7 cm³/mol. The van der Waals surface area contributed by atoms with E-state index in [0.29, 0.717) is 0 Å². The molecule has 0 aliphatic rings. The third-order valence-corrected chi connectivity index (χ3v) is 2.31. The first-order valence-corrected chi connectivity index (χ1v) is 5.45. The average molecular weight is 305 g/mol. The summed E-state index contributed by atoms with van der Waals surface area (Å²) in [5.41, 5.74) is -0.452. The number of nitrogens with zero attached hydrogens (tertiary/aromatic N) is 1. The van der Waals surface area contributed by atoms with Crippen LogP contribution in [0.2, 0.25) is 0 Å². The monoisotopic (exact) mass is 304 g/mol. The second kappa shape index (κ2) is 4.79. The number of anilines is 1. The number of non-ortho nitro benzene ring substituents is 1.